The van der Waals surface area contributed by atoms with Crippen LogP contribution in [-0.2, 0) is 4.79 Å². The van der Waals surface area contributed by atoms with Gasteiger partial charge in [0.25, 0.3) is 5.76 Å². The Hall–Kier alpha value is -1.18. The normalized spacial score (nSPS) is 16.1. The van der Waals surface area contributed by atoms with Crippen molar-refractivity contribution in [3.05, 3.63) is 24.3 Å². The molecule has 0 saturated heterocycles. The zero-order valence-electron chi connectivity index (χ0n) is 12.3. The number of nitrogens with zero attached hydrogens (tertiary/aromatic N) is 1. The maximum atomic E-state index is 12.2. The molecule has 1 atom stereocenters. The third-order valence-corrected chi connectivity index (χ3v) is 4.16. The Labute approximate surface area is 132 Å². The van der Waals surface area contributed by atoms with Crippen molar-refractivity contribution in [2.75, 3.05) is 25.5 Å². The summed E-state index contributed by atoms with van der Waals surface area (Å²) in [7, 11) is 1.79. The largest absolute Gasteiger partial charge is 0.392 e. The van der Waals surface area contributed by atoms with Gasteiger partial charge in [0.1, 0.15) is 0 Å². The van der Waals surface area contributed by atoms with E-state index in [1.54, 1.807) is 36.2 Å². The van der Waals surface area contributed by atoms with Crippen molar-refractivity contribution in [3.63, 3.8) is 0 Å². The summed E-state index contributed by atoms with van der Waals surface area (Å²) < 4.78 is 24.4. The molecule has 22 heavy (non-hydrogen) atoms. The minimum atomic E-state index is -2.45. The Bertz CT molecular complexity index is 495. The lowest BCUT2D eigenvalue weighted by atomic mass is 10.2. The van der Waals surface area contributed by atoms with Gasteiger partial charge in [-0.15, -0.1) is 0 Å². The van der Waals surface area contributed by atoms with Crippen LogP contribution in [0.3, 0.4) is 0 Å². The number of likely N-dealkylation sites (N-methyl/N-ethyl adjacent to an activating group) is 1. The second-order valence-electron chi connectivity index (χ2n) is 5.55. The van der Waals surface area contributed by atoms with Crippen molar-refractivity contribution in [1.82, 2.24) is 4.90 Å². The highest BCUT2D eigenvalue weighted by atomic mass is 32.2. The average molecular weight is 330 g/mol. The highest BCUT2D eigenvalue weighted by Crippen LogP contribution is 2.32. The van der Waals surface area contributed by atoms with E-state index in [0.29, 0.717) is 34.8 Å². The molecule has 1 amide bonds. The van der Waals surface area contributed by atoms with Gasteiger partial charge < -0.3 is 10.4 Å². The summed E-state index contributed by atoms with van der Waals surface area (Å²) >= 11 is 0.470. The number of hydrogen-bond acceptors (Lipinski definition) is 4. The predicted octanol–water partition coefficient (Wildman–Crippen LogP) is 2.64. The molecule has 0 bridgehead atoms. The first kappa shape index (κ1) is 17.2. The Morgan fingerprint density at radius 1 is 1.41 bits per heavy atom. The van der Waals surface area contributed by atoms with Crippen LogP contribution in [0, 0.1) is 5.92 Å². The number of thioether (sulfide) groups is 1. The van der Waals surface area contributed by atoms with Crippen molar-refractivity contribution >= 4 is 23.4 Å². The molecule has 0 aromatic heterocycles. The van der Waals surface area contributed by atoms with E-state index in [2.05, 4.69) is 5.32 Å². The summed E-state index contributed by atoms with van der Waals surface area (Å²) in [6.07, 6.45) is 1.75. The van der Waals surface area contributed by atoms with E-state index < -0.39 is 5.76 Å². The number of alkyl halides is 2. The van der Waals surface area contributed by atoms with Gasteiger partial charge in [0, 0.05) is 17.1 Å². The maximum Gasteiger partial charge on any atom is 0.288 e. The number of aliphatic hydroxyl groups excluding tert-OH is 1. The van der Waals surface area contributed by atoms with Gasteiger partial charge in [-0.05, 0) is 50.1 Å². The molecule has 0 radical (unpaired) electrons. The number of benzene rings is 1. The highest BCUT2D eigenvalue weighted by molar-refractivity contribution is 7.99. The molecule has 1 fully saturated rings. The van der Waals surface area contributed by atoms with Gasteiger partial charge in [0.15, 0.2) is 0 Å². The number of halogens is 2. The van der Waals surface area contributed by atoms with Gasteiger partial charge in [-0.1, -0.05) is 11.8 Å². The average Bonchev–Trinajstić information content (AvgIpc) is 3.24. The van der Waals surface area contributed by atoms with E-state index in [0.717, 1.165) is 12.8 Å². The third kappa shape index (κ3) is 5.90. The summed E-state index contributed by atoms with van der Waals surface area (Å²) in [5.74, 6) is -2.27. The molecule has 122 valence electrons. The molecule has 1 saturated carbocycles. The number of aliphatic hydroxyl groups is 1. The first-order valence-electron chi connectivity index (χ1n) is 7.15. The summed E-state index contributed by atoms with van der Waals surface area (Å²) in [6.45, 7) is 0.652. The van der Waals surface area contributed by atoms with E-state index in [4.69, 9.17) is 0 Å². The summed E-state index contributed by atoms with van der Waals surface area (Å²) in [5, 5.41) is 12.5. The highest BCUT2D eigenvalue weighted by Gasteiger charge is 2.30. The number of carbonyl (C=O) groups excluding carboxylic acids is 1. The maximum absolute atomic E-state index is 12.2. The second-order valence-corrected chi connectivity index (χ2v) is 6.62. The Morgan fingerprint density at radius 3 is 2.59 bits per heavy atom. The Kier molecular flexibility index (Phi) is 6.16. The second kappa shape index (κ2) is 7.89. The number of anilines is 1. The van der Waals surface area contributed by atoms with Crippen LogP contribution in [0.15, 0.2) is 29.2 Å². The molecule has 0 aliphatic heterocycles. The minimum Gasteiger partial charge on any atom is -0.392 e. The van der Waals surface area contributed by atoms with E-state index >= 15 is 0 Å². The van der Waals surface area contributed by atoms with E-state index in [-0.39, 0.29) is 18.6 Å². The van der Waals surface area contributed by atoms with Crippen molar-refractivity contribution in [3.8, 4) is 0 Å². The zero-order valence-corrected chi connectivity index (χ0v) is 13.2. The Balaban J connectivity index is 1.75. The minimum absolute atomic E-state index is 0.178. The van der Waals surface area contributed by atoms with E-state index in [1.165, 1.54) is 0 Å². The van der Waals surface area contributed by atoms with Crippen molar-refractivity contribution in [2.24, 2.45) is 5.92 Å². The van der Waals surface area contributed by atoms with Gasteiger partial charge in [-0.25, -0.2) is 0 Å². The van der Waals surface area contributed by atoms with E-state index in [9.17, 15) is 18.7 Å². The number of rotatable bonds is 8. The van der Waals surface area contributed by atoms with Gasteiger partial charge in [0.05, 0.1) is 12.6 Å². The van der Waals surface area contributed by atoms with Crippen LogP contribution in [0.2, 0.25) is 0 Å². The van der Waals surface area contributed by atoms with Gasteiger partial charge >= 0.3 is 0 Å². The quantitative estimate of drug-likeness (QED) is 0.720. The molecule has 1 aliphatic rings. The van der Waals surface area contributed by atoms with Crippen LogP contribution in [0.25, 0.3) is 0 Å². The molecular formula is C15H20F2N2O2S. The molecular weight excluding hydrogens is 310 g/mol. The number of hydrogen-bond donors (Lipinski definition) is 2. The van der Waals surface area contributed by atoms with E-state index in [1.807, 2.05) is 0 Å². The predicted molar refractivity (Wildman–Crippen MR) is 83.2 cm³/mol. The molecule has 1 unspecified atom stereocenters. The van der Waals surface area contributed by atoms with Crippen LogP contribution in [0.1, 0.15) is 12.8 Å². The Morgan fingerprint density at radius 2 is 2.05 bits per heavy atom. The summed E-state index contributed by atoms with van der Waals surface area (Å²) in [5.41, 5.74) is 0.569. The lowest BCUT2D eigenvalue weighted by Crippen LogP contribution is -2.36. The monoisotopic (exact) mass is 330 g/mol. The molecule has 2 rings (SSSR count). The first-order valence-corrected chi connectivity index (χ1v) is 8.03. The fraction of sp³-hybridized carbons (Fsp3) is 0.533. The topological polar surface area (TPSA) is 52.6 Å². The van der Waals surface area contributed by atoms with Crippen LogP contribution in [0.4, 0.5) is 14.5 Å². The molecule has 7 heteroatoms. The fourth-order valence-electron chi connectivity index (χ4n) is 2.18. The molecule has 1 aromatic carbocycles. The molecule has 2 N–H and O–H groups in total. The summed E-state index contributed by atoms with van der Waals surface area (Å²) in [4.78, 5) is 14.1. The molecule has 1 aliphatic carbocycles. The smallest absolute Gasteiger partial charge is 0.288 e. The number of nitrogens with one attached hydrogen (secondary N) is 1. The third-order valence-electron chi connectivity index (χ3n) is 3.44. The van der Waals surface area contributed by atoms with Crippen molar-refractivity contribution in [2.45, 2.75) is 29.6 Å². The molecule has 4 nitrogen and oxygen atoms in total. The number of amides is 1. The van der Waals surface area contributed by atoms with Crippen LogP contribution >= 0.6 is 11.8 Å². The van der Waals surface area contributed by atoms with Crippen LogP contribution in [0.5, 0.6) is 0 Å². The lowest BCUT2D eigenvalue weighted by molar-refractivity contribution is -0.117. The SMILES string of the molecule is CN(CC(=O)Nc1ccc(SC(F)F)cc1)CC(O)C1CC1. The van der Waals surface area contributed by atoms with Crippen molar-refractivity contribution < 1.29 is 18.7 Å². The molecule has 1 aromatic rings. The van der Waals surface area contributed by atoms with Gasteiger partial charge in [-0.2, -0.15) is 8.78 Å². The fourth-order valence-corrected chi connectivity index (χ4v) is 2.68. The molecule has 0 heterocycles. The summed E-state index contributed by atoms with van der Waals surface area (Å²) in [6, 6.07) is 6.29. The zero-order chi connectivity index (χ0) is 16.1. The van der Waals surface area contributed by atoms with Gasteiger partial charge in [0.2, 0.25) is 5.91 Å². The lowest BCUT2D eigenvalue weighted by Gasteiger charge is -2.19. The van der Waals surface area contributed by atoms with Crippen molar-refractivity contribution in [1.29, 1.82) is 0 Å². The molecule has 0 spiro atoms. The first-order chi connectivity index (χ1) is 10.4. The van der Waals surface area contributed by atoms with Crippen LogP contribution in [-0.4, -0.2) is 47.9 Å². The standard InChI is InChI=1S/C15H20F2N2O2S/c1-19(8-13(20)10-2-3-10)9-14(21)18-11-4-6-12(7-5-11)22-15(16)17/h4-7,10,13,15,20H,2-3,8-9H2,1H3,(H,18,21). The number of carbonyl (C=O) groups is 1. The van der Waals surface area contributed by atoms with Crippen LogP contribution < -0.4 is 5.32 Å². The van der Waals surface area contributed by atoms with Gasteiger partial charge in [-0.3, -0.25) is 9.69 Å².